The summed E-state index contributed by atoms with van der Waals surface area (Å²) >= 11 is 0. The lowest BCUT2D eigenvalue weighted by molar-refractivity contribution is 0.158. The first-order valence-electron chi connectivity index (χ1n) is 5.11. The Labute approximate surface area is 80.5 Å². The van der Waals surface area contributed by atoms with Crippen molar-refractivity contribution >= 4 is 6.03 Å². The molecule has 3 heteroatoms. The van der Waals surface area contributed by atoms with Crippen molar-refractivity contribution in [2.24, 2.45) is 11.8 Å². The Hall–Kier alpha value is -0.730. The van der Waals surface area contributed by atoms with Crippen molar-refractivity contribution in [3.8, 4) is 0 Å². The van der Waals surface area contributed by atoms with Gasteiger partial charge in [0.05, 0.1) is 0 Å². The van der Waals surface area contributed by atoms with Crippen LogP contribution in [-0.4, -0.2) is 31.1 Å². The summed E-state index contributed by atoms with van der Waals surface area (Å²) in [6.45, 7) is 6.37. The molecule has 0 unspecified atom stereocenters. The Morgan fingerprint density at radius 3 is 2.31 bits per heavy atom. The summed E-state index contributed by atoms with van der Waals surface area (Å²) < 4.78 is 0. The summed E-state index contributed by atoms with van der Waals surface area (Å²) in [6, 6.07) is 0.0715. The molecule has 0 spiro atoms. The van der Waals surface area contributed by atoms with Crippen LogP contribution < -0.4 is 5.32 Å². The summed E-state index contributed by atoms with van der Waals surface area (Å²) in [5.41, 5.74) is 0. The molecular weight excluding hydrogens is 164 g/mol. The van der Waals surface area contributed by atoms with E-state index in [-0.39, 0.29) is 6.03 Å². The number of piperidine rings is 1. The summed E-state index contributed by atoms with van der Waals surface area (Å²) in [5.74, 6) is 1.56. The first kappa shape index (κ1) is 10.4. The van der Waals surface area contributed by atoms with Crippen molar-refractivity contribution in [2.75, 3.05) is 20.1 Å². The highest BCUT2D eigenvalue weighted by Crippen LogP contribution is 2.24. The normalized spacial score (nSPS) is 19.2. The fourth-order valence-electron chi connectivity index (χ4n) is 1.93. The van der Waals surface area contributed by atoms with Crippen LogP contribution >= 0.6 is 0 Å². The maximum atomic E-state index is 11.3. The van der Waals surface area contributed by atoms with E-state index < -0.39 is 0 Å². The second-order valence-corrected chi connectivity index (χ2v) is 4.12. The second kappa shape index (κ2) is 4.49. The molecule has 13 heavy (non-hydrogen) atoms. The third kappa shape index (κ3) is 2.61. The van der Waals surface area contributed by atoms with Crippen LogP contribution in [0.25, 0.3) is 0 Å². The fourth-order valence-corrected chi connectivity index (χ4v) is 1.93. The number of hydrogen-bond acceptors (Lipinski definition) is 1. The number of nitrogens with one attached hydrogen (secondary N) is 1. The molecule has 1 aliphatic rings. The van der Waals surface area contributed by atoms with Gasteiger partial charge in [-0.2, -0.15) is 0 Å². The van der Waals surface area contributed by atoms with Crippen molar-refractivity contribution in [2.45, 2.75) is 26.7 Å². The third-order valence-electron chi connectivity index (χ3n) is 2.98. The number of rotatable bonds is 1. The van der Waals surface area contributed by atoms with E-state index in [1.54, 1.807) is 7.05 Å². The highest BCUT2D eigenvalue weighted by Gasteiger charge is 2.23. The van der Waals surface area contributed by atoms with Crippen LogP contribution in [0.2, 0.25) is 0 Å². The maximum absolute atomic E-state index is 11.3. The molecule has 0 aliphatic carbocycles. The van der Waals surface area contributed by atoms with Gasteiger partial charge in [-0.15, -0.1) is 0 Å². The molecule has 1 N–H and O–H groups in total. The molecule has 1 fully saturated rings. The number of likely N-dealkylation sites (tertiary alicyclic amines) is 1. The number of carbonyl (C=O) groups excluding carboxylic acids is 1. The van der Waals surface area contributed by atoms with Gasteiger partial charge in [-0.05, 0) is 24.7 Å². The van der Waals surface area contributed by atoms with Crippen molar-refractivity contribution in [3.05, 3.63) is 0 Å². The van der Waals surface area contributed by atoms with Crippen LogP contribution in [0.4, 0.5) is 4.79 Å². The summed E-state index contributed by atoms with van der Waals surface area (Å²) in [7, 11) is 1.69. The van der Waals surface area contributed by atoms with Gasteiger partial charge in [0.25, 0.3) is 0 Å². The first-order chi connectivity index (χ1) is 6.15. The zero-order valence-corrected chi connectivity index (χ0v) is 8.84. The minimum Gasteiger partial charge on any atom is -0.341 e. The van der Waals surface area contributed by atoms with Crippen LogP contribution in [0.5, 0.6) is 0 Å². The average Bonchev–Trinajstić information content (AvgIpc) is 2.17. The van der Waals surface area contributed by atoms with E-state index in [1.807, 2.05) is 4.90 Å². The van der Waals surface area contributed by atoms with Crippen LogP contribution in [0, 0.1) is 11.8 Å². The zero-order valence-electron chi connectivity index (χ0n) is 8.84. The van der Waals surface area contributed by atoms with Gasteiger partial charge in [0.1, 0.15) is 0 Å². The van der Waals surface area contributed by atoms with Gasteiger partial charge in [-0.25, -0.2) is 4.79 Å². The van der Waals surface area contributed by atoms with E-state index in [0.29, 0.717) is 0 Å². The lowest BCUT2D eigenvalue weighted by atomic mass is 9.87. The largest absolute Gasteiger partial charge is 0.341 e. The second-order valence-electron chi connectivity index (χ2n) is 4.12. The molecule has 0 aromatic rings. The third-order valence-corrected chi connectivity index (χ3v) is 2.98. The Balaban J connectivity index is 2.34. The van der Waals surface area contributed by atoms with Crippen LogP contribution in [0.15, 0.2) is 0 Å². The Bertz CT molecular complexity index is 172. The minimum atomic E-state index is 0.0715. The quantitative estimate of drug-likeness (QED) is 0.661. The summed E-state index contributed by atoms with van der Waals surface area (Å²) in [4.78, 5) is 13.2. The van der Waals surface area contributed by atoms with Crippen molar-refractivity contribution in [1.29, 1.82) is 0 Å². The van der Waals surface area contributed by atoms with Crippen molar-refractivity contribution in [3.63, 3.8) is 0 Å². The maximum Gasteiger partial charge on any atom is 0.317 e. The monoisotopic (exact) mass is 184 g/mol. The number of amides is 2. The number of hydrogen-bond donors (Lipinski definition) is 1. The molecule has 3 nitrogen and oxygen atoms in total. The van der Waals surface area contributed by atoms with Crippen molar-refractivity contribution in [1.82, 2.24) is 10.2 Å². The molecule has 0 radical (unpaired) electrons. The molecule has 0 aromatic carbocycles. The molecule has 1 aliphatic heterocycles. The lowest BCUT2D eigenvalue weighted by Gasteiger charge is -2.33. The standard InChI is InChI=1S/C10H20N2O/c1-8(2)9-4-6-12(7-5-9)10(13)11-3/h8-9H,4-7H2,1-3H3,(H,11,13). The molecular formula is C10H20N2O. The molecule has 0 atom stereocenters. The minimum absolute atomic E-state index is 0.0715. The molecule has 2 amide bonds. The van der Waals surface area contributed by atoms with Crippen LogP contribution in [0.1, 0.15) is 26.7 Å². The van der Waals surface area contributed by atoms with Gasteiger partial charge >= 0.3 is 6.03 Å². The Kier molecular flexibility index (Phi) is 3.58. The molecule has 1 rings (SSSR count). The lowest BCUT2D eigenvalue weighted by Crippen LogP contribution is -2.43. The highest BCUT2D eigenvalue weighted by atomic mass is 16.2. The van der Waals surface area contributed by atoms with E-state index in [2.05, 4.69) is 19.2 Å². The zero-order chi connectivity index (χ0) is 9.84. The predicted molar refractivity (Wildman–Crippen MR) is 53.6 cm³/mol. The van der Waals surface area contributed by atoms with E-state index in [0.717, 1.165) is 37.8 Å². The topological polar surface area (TPSA) is 32.3 Å². The van der Waals surface area contributed by atoms with Gasteiger partial charge in [-0.3, -0.25) is 0 Å². The van der Waals surface area contributed by atoms with Crippen molar-refractivity contribution < 1.29 is 4.79 Å². The van der Waals surface area contributed by atoms with E-state index in [1.165, 1.54) is 0 Å². The summed E-state index contributed by atoms with van der Waals surface area (Å²) in [6.07, 6.45) is 2.32. The molecule has 1 saturated heterocycles. The van der Waals surface area contributed by atoms with Gasteiger partial charge in [-0.1, -0.05) is 13.8 Å². The van der Waals surface area contributed by atoms with Gasteiger partial charge < -0.3 is 10.2 Å². The highest BCUT2D eigenvalue weighted by molar-refractivity contribution is 5.73. The molecule has 1 heterocycles. The number of urea groups is 1. The number of carbonyl (C=O) groups is 1. The molecule has 0 saturated carbocycles. The Morgan fingerprint density at radius 2 is 1.92 bits per heavy atom. The van der Waals surface area contributed by atoms with E-state index >= 15 is 0 Å². The average molecular weight is 184 g/mol. The van der Waals surface area contributed by atoms with E-state index in [9.17, 15) is 4.79 Å². The van der Waals surface area contributed by atoms with Gasteiger partial charge in [0.15, 0.2) is 0 Å². The molecule has 0 aromatic heterocycles. The van der Waals surface area contributed by atoms with Gasteiger partial charge in [0, 0.05) is 20.1 Å². The number of nitrogens with zero attached hydrogens (tertiary/aromatic N) is 1. The SMILES string of the molecule is CNC(=O)N1CCC(C(C)C)CC1. The molecule has 76 valence electrons. The smallest absolute Gasteiger partial charge is 0.317 e. The summed E-state index contributed by atoms with van der Waals surface area (Å²) in [5, 5.41) is 2.67. The Morgan fingerprint density at radius 1 is 1.38 bits per heavy atom. The fraction of sp³-hybridized carbons (Fsp3) is 0.900. The van der Waals surface area contributed by atoms with Gasteiger partial charge in [0.2, 0.25) is 0 Å². The first-order valence-corrected chi connectivity index (χ1v) is 5.11. The predicted octanol–water partition coefficient (Wildman–Crippen LogP) is 1.69. The van der Waals surface area contributed by atoms with Crippen LogP contribution in [-0.2, 0) is 0 Å². The molecule has 0 bridgehead atoms. The van der Waals surface area contributed by atoms with E-state index in [4.69, 9.17) is 0 Å². The van der Waals surface area contributed by atoms with Crippen LogP contribution in [0.3, 0.4) is 0 Å².